The number of rotatable bonds is 6. The topological polar surface area (TPSA) is 51.7 Å². The van der Waals surface area contributed by atoms with Crippen LogP contribution in [0.1, 0.15) is 21.5 Å². The van der Waals surface area contributed by atoms with Crippen molar-refractivity contribution in [2.24, 2.45) is 0 Å². The Morgan fingerprint density at radius 2 is 1.70 bits per heavy atom. The number of aromatic nitrogens is 1. The van der Waals surface area contributed by atoms with E-state index in [1.54, 1.807) is 49.7 Å². The number of carbonyl (C=O) groups excluding carboxylic acids is 1. The van der Waals surface area contributed by atoms with Gasteiger partial charge in [-0.15, -0.1) is 0 Å². The monoisotopic (exact) mass is 362 g/mol. The molecule has 0 aliphatic carbocycles. The van der Waals surface area contributed by atoms with Crippen molar-refractivity contribution in [2.45, 2.75) is 13.5 Å². The van der Waals surface area contributed by atoms with Crippen LogP contribution in [0.4, 0.5) is 5.69 Å². The van der Waals surface area contributed by atoms with Crippen molar-refractivity contribution in [2.75, 3.05) is 19.1 Å². The summed E-state index contributed by atoms with van der Waals surface area (Å²) in [7, 11) is 3.09. The van der Waals surface area contributed by atoms with E-state index in [4.69, 9.17) is 9.47 Å². The normalized spacial score (nSPS) is 10.3. The number of methoxy groups -OCH3 is 2. The van der Waals surface area contributed by atoms with E-state index in [-0.39, 0.29) is 5.91 Å². The lowest BCUT2D eigenvalue weighted by atomic mass is 10.1. The number of pyridine rings is 1. The smallest absolute Gasteiger partial charge is 0.266 e. The molecule has 0 saturated carbocycles. The Kier molecular flexibility index (Phi) is 5.71. The van der Waals surface area contributed by atoms with Gasteiger partial charge in [-0.2, -0.15) is 0 Å². The van der Waals surface area contributed by atoms with Gasteiger partial charge in [0.15, 0.2) is 0 Å². The lowest BCUT2D eigenvalue weighted by molar-refractivity contribution is 0.0979. The fraction of sp³-hybridized carbons (Fsp3) is 0.182. The number of hydrogen-bond donors (Lipinski definition) is 0. The van der Waals surface area contributed by atoms with Gasteiger partial charge in [-0.05, 0) is 48.4 Å². The number of hydrogen-bond acceptors (Lipinski definition) is 4. The van der Waals surface area contributed by atoms with Crippen LogP contribution >= 0.6 is 0 Å². The highest BCUT2D eigenvalue weighted by molar-refractivity contribution is 6.09. The van der Waals surface area contributed by atoms with E-state index in [9.17, 15) is 4.79 Å². The summed E-state index contributed by atoms with van der Waals surface area (Å²) >= 11 is 0. The van der Waals surface area contributed by atoms with Crippen LogP contribution in [0.25, 0.3) is 0 Å². The summed E-state index contributed by atoms with van der Waals surface area (Å²) in [6, 6.07) is 17.0. The number of ether oxygens (including phenoxy) is 2. The van der Waals surface area contributed by atoms with Crippen molar-refractivity contribution in [3.8, 4) is 11.5 Å². The molecule has 1 aromatic heterocycles. The molecule has 0 fully saturated rings. The molecule has 0 aliphatic rings. The van der Waals surface area contributed by atoms with Crippen LogP contribution in [0, 0.1) is 6.92 Å². The zero-order valence-electron chi connectivity index (χ0n) is 15.7. The number of amides is 1. The van der Waals surface area contributed by atoms with Gasteiger partial charge in [0, 0.05) is 18.1 Å². The van der Waals surface area contributed by atoms with Gasteiger partial charge >= 0.3 is 0 Å². The molecule has 0 unspecified atom stereocenters. The summed E-state index contributed by atoms with van der Waals surface area (Å²) in [4.78, 5) is 19.4. The zero-order chi connectivity index (χ0) is 19.2. The van der Waals surface area contributed by atoms with Crippen molar-refractivity contribution in [3.05, 3.63) is 83.7 Å². The maximum absolute atomic E-state index is 13.6. The number of carbonyl (C=O) groups is 1. The Morgan fingerprint density at radius 3 is 2.30 bits per heavy atom. The maximum atomic E-state index is 13.6. The zero-order valence-corrected chi connectivity index (χ0v) is 15.7. The molecule has 0 N–H and O–H groups in total. The van der Waals surface area contributed by atoms with Crippen molar-refractivity contribution in [3.63, 3.8) is 0 Å². The first-order valence-corrected chi connectivity index (χ1v) is 8.62. The summed E-state index contributed by atoms with van der Waals surface area (Å²) < 4.78 is 10.9. The second-order valence-electron chi connectivity index (χ2n) is 6.13. The van der Waals surface area contributed by atoms with Crippen molar-refractivity contribution in [1.29, 1.82) is 0 Å². The van der Waals surface area contributed by atoms with Crippen LogP contribution in [-0.2, 0) is 6.54 Å². The molecule has 5 nitrogen and oxygen atoms in total. The quantitative estimate of drug-likeness (QED) is 0.658. The van der Waals surface area contributed by atoms with Crippen LogP contribution in [0.15, 0.2) is 67.0 Å². The van der Waals surface area contributed by atoms with Gasteiger partial charge < -0.3 is 14.4 Å². The maximum Gasteiger partial charge on any atom is 0.266 e. The third-order valence-electron chi connectivity index (χ3n) is 4.26. The second kappa shape index (κ2) is 8.36. The fourth-order valence-electron chi connectivity index (χ4n) is 2.95. The third-order valence-corrected chi connectivity index (χ3v) is 4.26. The lowest BCUT2D eigenvalue weighted by Crippen LogP contribution is -2.31. The Hall–Kier alpha value is -3.34. The molecule has 0 radical (unpaired) electrons. The highest BCUT2D eigenvalue weighted by Crippen LogP contribution is 2.32. The van der Waals surface area contributed by atoms with Gasteiger partial charge in [0.1, 0.15) is 17.1 Å². The Labute approximate surface area is 159 Å². The molecule has 138 valence electrons. The molecule has 3 aromatic rings. The minimum Gasteiger partial charge on any atom is -0.496 e. The first kappa shape index (κ1) is 18.5. The molecule has 2 aromatic carbocycles. The molecular weight excluding hydrogens is 340 g/mol. The Morgan fingerprint density at radius 1 is 1.00 bits per heavy atom. The predicted molar refractivity (Wildman–Crippen MR) is 105 cm³/mol. The number of benzene rings is 2. The fourth-order valence-corrected chi connectivity index (χ4v) is 2.95. The first-order chi connectivity index (χ1) is 13.1. The van der Waals surface area contributed by atoms with Crippen molar-refractivity contribution >= 4 is 11.6 Å². The summed E-state index contributed by atoms with van der Waals surface area (Å²) in [5, 5.41) is 0. The molecule has 0 spiro atoms. The molecule has 27 heavy (non-hydrogen) atoms. The molecule has 5 heteroatoms. The van der Waals surface area contributed by atoms with Crippen LogP contribution in [0.5, 0.6) is 11.5 Å². The number of aryl methyl sites for hydroxylation is 1. The molecule has 3 rings (SSSR count). The Bertz CT molecular complexity index is 904. The molecule has 0 saturated heterocycles. The predicted octanol–water partition coefficient (Wildman–Crippen LogP) is 4.25. The molecular formula is C22H22N2O3. The minimum atomic E-state index is -0.196. The van der Waals surface area contributed by atoms with Crippen LogP contribution in [0.3, 0.4) is 0 Å². The van der Waals surface area contributed by atoms with Gasteiger partial charge in [-0.25, -0.2) is 0 Å². The second-order valence-corrected chi connectivity index (χ2v) is 6.13. The summed E-state index contributed by atoms with van der Waals surface area (Å²) in [6.45, 7) is 2.39. The van der Waals surface area contributed by atoms with E-state index in [1.807, 2.05) is 43.3 Å². The number of anilines is 1. The van der Waals surface area contributed by atoms with E-state index in [2.05, 4.69) is 4.98 Å². The average molecular weight is 362 g/mol. The van der Waals surface area contributed by atoms with Crippen LogP contribution < -0.4 is 14.4 Å². The standard InChI is InChI=1S/C22H22N2O3/c1-16-7-4-9-18(13-16)24(15-17-8-6-12-23-14-17)22(25)21-19(26-2)10-5-11-20(21)27-3/h4-14H,15H2,1-3H3. The van der Waals surface area contributed by atoms with Gasteiger partial charge in [0.05, 0.1) is 20.8 Å². The van der Waals surface area contributed by atoms with E-state index in [0.29, 0.717) is 23.6 Å². The van der Waals surface area contributed by atoms with Crippen molar-refractivity contribution < 1.29 is 14.3 Å². The van der Waals surface area contributed by atoms with Crippen molar-refractivity contribution in [1.82, 2.24) is 4.98 Å². The first-order valence-electron chi connectivity index (χ1n) is 8.62. The summed E-state index contributed by atoms with van der Waals surface area (Å²) in [6.07, 6.45) is 3.47. The molecule has 0 atom stereocenters. The average Bonchev–Trinajstić information content (AvgIpc) is 2.71. The van der Waals surface area contributed by atoms with E-state index in [1.165, 1.54) is 0 Å². The highest BCUT2D eigenvalue weighted by Gasteiger charge is 2.25. The van der Waals surface area contributed by atoms with Gasteiger partial charge in [0.25, 0.3) is 5.91 Å². The number of nitrogens with zero attached hydrogens (tertiary/aromatic N) is 2. The lowest BCUT2D eigenvalue weighted by Gasteiger charge is -2.25. The molecule has 1 heterocycles. The minimum absolute atomic E-state index is 0.196. The highest BCUT2D eigenvalue weighted by atomic mass is 16.5. The molecule has 0 aliphatic heterocycles. The Balaban J connectivity index is 2.09. The summed E-state index contributed by atoms with van der Waals surface area (Å²) in [5.74, 6) is 0.755. The third kappa shape index (κ3) is 4.08. The van der Waals surface area contributed by atoms with Crippen LogP contribution in [-0.4, -0.2) is 25.1 Å². The molecule has 0 bridgehead atoms. The van der Waals surface area contributed by atoms with E-state index in [0.717, 1.165) is 16.8 Å². The molecule has 1 amide bonds. The van der Waals surface area contributed by atoms with E-state index >= 15 is 0 Å². The van der Waals surface area contributed by atoms with Crippen LogP contribution in [0.2, 0.25) is 0 Å². The largest absolute Gasteiger partial charge is 0.496 e. The van der Waals surface area contributed by atoms with Gasteiger partial charge in [0.2, 0.25) is 0 Å². The van der Waals surface area contributed by atoms with Gasteiger partial charge in [-0.1, -0.05) is 24.3 Å². The SMILES string of the molecule is COc1cccc(OC)c1C(=O)N(Cc1cccnc1)c1cccc(C)c1. The van der Waals surface area contributed by atoms with Gasteiger partial charge in [-0.3, -0.25) is 9.78 Å². The summed E-state index contributed by atoms with van der Waals surface area (Å²) in [5.41, 5.74) is 3.20. The van der Waals surface area contributed by atoms with E-state index < -0.39 is 0 Å².